The Bertz CT molecular complexity index is 285. The molecule has 0 aromatic rings. The first-order valence-corrected chi connectivity index (χ1v) is 8.68. The number of nitrogens with one attached hydrogen (secondary N) is 1. The van der Waals surface area contributed by atoms with Gasteiger partial charge >= 0.3 is 0 Å². The van der Waals surface area contributed by atoms with Crippen LogP contribution in [0, 0.1) is 17.3 Å². The lowest BCUT2D eigenvalue weighted by atomic mass is 9.68. The van der Waals surface area contributed by atoms with Crippen LogP contribution in [-0.2, 0) is 4.74 Å². The first-order chi connectivity index (χ1) is 9.31. The number of hydrogen-bond acceptors (Lipinski definition) is 2. The summed E-state index contributed by atoms with van der Waals surface area (Å²) >= 11 is 0. The summed E-state index contributed by atoms with van der Waals surface area (Å²) in [5, 5.41) is 3.72. The normalized spacial score (nSPS) is 31.8. The van der Waals surface area contributed by atoms with E-state index in [2.05, 4.69) is 39.9 Å². The zero-order chi connectivity index (χ0) is 14.8. The molecule has 0 spiro atoms. The van der Waals surface area contributed by atoms with Crippen molar-refractivity contribution in [1.29, 1.82) is 0 Å². The van der Waals surface area contributed by atoms with Gasteiger partial charge in [0.1, 0.15) is 0 Å². The summed E-state index contributed by atoms with van der Waals surface area (Å²) in [6.07, 6.45) is 7.86. The highest BCUT2D eigenvalue weighted by molar-refractivity contribution is 4.94. The van der Waals surface area contributed by atoms with Gasteiger partial charge in [0.2, 0.25) is 0 Å². The molecular formula is C18H35NO. The molecule has 2 aliphatic carbocycles. The summed E-state index contributed by atoms with van der Waals surface area (Å²) < 4.78 is 6.41. The van der Waals surface area contributed by atoms with E-state index in [1.165, 1.54) is 38.5 Å². The standard InChI is InChI=1S/C18H35NO/c1-14(2)12-20-18(13-19-16-6-7-16)10-8-15(9-11-18)17(3,4)5/h14-16,19H,6-13H2,1-5H3. The van der Waals surface area contributed by atoms with Crippen molar-refractivity contribution in [3.8, 4) is 0 Å². The monoisotopic (exact) mass is 281 g/mol. The van der Waals surface area contributed by atoms with Gasteiger partial charge in [-0.3, -0.25) is 0 Å². The van der Waals surface area contributed by atoms with Gasteiger partial charge in [-0.1, -0.05) is 34.6 Å². The Labute approximate surface area is 126 Å². The molecule has 0 aliphatic heterocycles. The van der Waals surface area contributed by atoms with Crippen LogP contribution in [0.5, 0.6) is 0 Å². The molecule has 2 saturated carbocycles. The fourth-order valence-electron chi connectivity index (χ4n) is 3.34. The largest absolute Gasteiger partial charge is 0.373 e. The third kappa shape index (κ3) is 4.73. The SMILES string of the molecule is CC(C)COC1(CNC2CC2)CCC(C(C)(C)C)CC1. The summed E-state index contributed by atoms with van der Waals surface area (Å²) in [4.78, 5) is 0. The van der Waals surface area contributed by atoms with Crippen molar-refractivity contribution in [2.45, 2.75) is 84.8 Å². The van der Waals surface area contributed by atoms with E-state index in [4.69, 9.17) is 4.74 Å². The van der Waals surface area contributed by atoms with Crippen LogP contribution in [0.1, 0.15) is 73.1 Å². The third-order valence-corrected chi connectivity index (χ3v) is 5.13. The van der Waals surface area contributed by atoms with Gasteiger partial charge in [0.15, 0.2) is 0 Å². The zero-order valence-corrected chi connectivity index (χ0v) is 14.3. The van der Waals surface area contributed by atoms with Crippen LogP contribution in [0.25, 0.3) is 0 Å². The molecule has 20 heavy (non-hydrogen) atoms. The maximum Gasteiger partial charge on any atom is 0.0806 e. The lowest BCUT2D eigenvalue weighted by molar-refractivity contribution is -0.0930. The topological polar surface area (TPSA) is 21.3 Å². The van der Waals surface area contributed by atoms with E-state index in [9.17, 15) is 0 Å². The van der Waals surface area contributed by atoms with Gasteiger partial charge in [-0.05, 0) is 55.8 Å². The molecule has 0 heterocycles. The smallest absolute Gasteiger partial charge is 0.0806 e. The minimum absolute atomic E-state index is 0.120. The molecule has 2 aliphatic rings. The average molecular weight is 281 g/mol. The molecule has 2 heteroatoms. The maximum atomic E-state index is 6.41. The molecule has 1 N–H and O–H groups in total. The Hall–Kier alpha value is -0.0800. The lowest BCUT2D eigenvalue weighted by Gasteiger charge is -2.44. The van der Waals surface area contributed by atoms with Crippen LogP contribution in [0.4, 0.5) is 0 Å². The Kier molecular flexibility index (Phi) is 5.18. The summed E-state index contributed by atoms with van der Waals surface area (Å²) in [6.45, 7) is 13.7. The molecule has 2 fully saturated rings. The first kappa shape index (κ1) is 16.3. The van der Waals surface area contributed by atoms with Crippen LogP contribution in [-0.4, -0.2) is 24.8 Å². The highest BCUT2D eigenvalue weighted by atomic mass is 16.5. The molecule has 2 nitrogen and oxygen atoms in total. The van der Waals surface area contributed by atoms with Crippen LogP contribution in [0.3, 0.4) is 0 Å². The Morgan fingerprint density at radius 3 is 2.15 bits per heavy atom. The Morgan fingerprint density at radius 2 is 1.70 bits per heavy atom. The predicted molar refractivity (Wildman–Crippen MR) is 86.0 cm³/mol. The summed E-state index contributed by atoms with van der Waals surface area (Å²) in [6, 6.07) is 0.787. The minimum atomic E-state index is 0.120. The second kappa shape index (κ2) is 6.36. The highest BCUT2D eigenvalue weighted by Gasteiger charge is 2.40. The second-order valence-electron chi connectivity index (χ2n) is 8.68. The molecule has 0 bridgehead atoms. The number of ether oxygens (including phenoxy) is 1. The van der Waals surface area contributed by atoms with Gasteiger partial charge in [0.25, 0.3) is 0 Å². The van der Waals surface area contributed by atoms with Crippen molar-refractivity contribution >= 4 is 0 Å². The third-order valence-electron chi connectivity index (χ3n) is 5.13. The van der Waals surface area contributed by atoms with Crippen LogP contribution < -0.4 is 5.32 Å². The molecule has 2 rings (SSSR count). The summed E-state index contributed by atoms with van der Waals surface area (Å²) in [5.74, 6) is 1.49. The molecule has 118 valence electrons. The van der Waals surface area contributed by atoms with E-state index < -0.39 is 0 Å². The lowest BCUT2D eigenvalue weighted by Crippen LogP contribution is -2.48. The maximum absolute atomic E-state index is 6.41. The van der Waals surface area contributed by atoms with Crippen molar-refractivity contribution in [2.24, 2.45) is 17.3 Å². The minimum Gasteiger partial charge on any atom is -0.373 e. The fraction of sp³-hybridized carbons (Fsp3) is 1.00. The van der Waals surface area contributed by atoms with E-state index in [0.717, 1.165) is 25.1 Å². The number of rotatable bonds is 6. The van der Waals surface area contributed by atoms with Gasteiger partial charge in [-0.25, -0.2) is 0 Å². The van der Waals surface area contributed by atoms with Crippen molar-refractivity contribution in [2.75, 3.05) is 13.2 Å². The average Bonchev–Trinajstić information content (AvgIpc) is 3.18. The molecule has 0 aromatic heterocycles. The van der Waals surface area contributed by atoms with E-state index in [-0.39, 0.29) is 5.60 Å². The van der Waals surface area contributed by atoms with Gasteiger partial charge in [0, 0.05) is 19.2 Å². The molecular weight excluding hydrogens is 246 g/mol. The summed E-state index contributed by atoms with van der Waals surface area (Å²) in [7, 11) is 0. The van der Waals surface area contributed by atoms with Crippen molar-refractivity contribution in [3.63, 3.8) is 0 Å². The highest BCUT2D eigenvalue weighted by Crippen LogP contribution is 2.43. The molecule has 0 radical (unpaired) electrons. The van der Waals surface area contributed by atoms with E-state index in [0.29, 0.717) is 11.3 Å². The predicted octanol–water partition coefficient (Wildman–Crippen LogP) is 4.39. The van der Waals surface area contributed by atoms with E-state index in [1.54, 1.807) is 0 Å². The van der Waals surface area contributed by atoms with Crippen LogP contribution >= 0.6 is 0 Å². The van der Waals surface area contributed by atoms with E-state index >= 15 is 0 Å². The van der Waals surface area contributed by atoms with Crippen LogP contribution in [0.2, 0.25) is 0 Å². The fourth-order valence-corrected chi connectivity index (χ4v) is 3.34. The number of hydrogen-bond donors (Lipinski definition) is 1. The Balaban J connectivity index is 1.89. The first-order valence-electron chi connectivity index (χ1n) is 8.68. The van der Waals surface area contributed by atoms with E-state index in [1.807, 2.05) is 0 Å². The molecule has 0 aromatic carbocycles. The second-order valence-corrected chi connectivity index (χ2v) is 8.68. The van der Waals surface area contributed by atoms with Gasteiger partial charge < -0.3 is 10.1 Å². The molecule has 0 unspecified atom stereocenters. The zero-order valence-electron chi connectivity index (χ0n) is 14.3. The van der Waals surface area contributed by atoms with Crippen molar-refractivity contribution in [3.05, 3.63) is 0 Å². The van der Waals surface area contributed by atoms with Crippen molar-refractivity contribution < 1.29 is 4.74 Å². The van der Waals surface area contributed by atoms with Crippen molar-refractivity contribution in [1.82, 2.24) is 5.32 Å². The Morgan fingerprint density at radius 1 is 1.10 bits per heavy atom. The van der Waals surface area contributed by atoms with Gasteiger partial charge in [-0.15, -0.1) is 0 Å². The quantitative estimate of drug-likeness (QED) is 0.780. The van der Waals surface area contributed by atoms with Gasteiger partial charge in [0.05, 0.1) is 5.60 Å². The summed E-state index contributed by atoms with van der Waals surface area (Å²) in [5.41, 5.74) is 0.572. The van der Waals surface area contributed by atoms with Gasteiger partial charge in [-0.2, -0.15) is 0 Å². The van der Waals surface area contributed by atoms with Crippen LogP contribution in [0.15, 0.2) is 0 Å². The molecule has 0 atom stereocenters. The molecule has 0 amide bonds. The molecule has 0 saturated heterocycles.